The topological polar surface area (TPSA) is 26.0 Å². The average Bonchev–Trinajstić information content (AvgIpc) is 1.64. The fourth-order valence-corrected chi connectivity index (χ4v) is 1.18. The zero-order valence-electron chi connectivity index (χ0n) is 4.52. The summed E-state index contributed by atoms with van der Waals surface area (Å²) in [4.78, 5) is 0. The summed E-state index contributed by atoms with van der Waals surface area (Å²) in [6.07, 6.45) is 6.15. The first-order valence-electron chi connectivity index (χ1n) is 2.61. The van der Waals surface area contributed by atoms with Crippen LogP contribution < -0.4 is 5.73 Å². The van der Waals surface area contributed by atoms with E-state index in [1.807, 2.05) is 12.2 Å². The fourth-order valence-electron chi connectivity index (χ4n) is 0.689. The molecule has 0 spiro atoms. The van der Waals surface area contributed by atoms with Crippen molar-refractivity contribution in [3.63, 3.8) is 0 Å². The van der Waals surface area contributed by atoms with Crippen LogP contribution in [0.1, 0.15) is 12.8 Å². The molecule has 0 aromatic heterocycles. The highest BCUT2D eigenvalue weighted by molar-refractivity contribution is 9.11. The van der Waals surface area contributed by atoms with Crippen LogP contribution in [0.2, 0.25) is 0 Å². The van der Waals surface area contributed by atoms with Gasteiger partial charge in [-0.15, -0.1) is 0 Å². The van der Waals surface area contributed by atoms with Crippen molar-refractivity contribution in [2.24, 2.45) is 5.73 Å². The van der Waals surface area contributed by atoms with E-state index in [0.717, 1.165) is 18.5 Å². The molecule has 0 saturated heterocycles. The normalized spacial score (nSPS) is 19.6. The van der Waals surface area contributed by atoms with E-state index in [9.17, 15) is 0 Å². The van der Waals surface area contributed by atoms with Crippen molar-refractivity contribution in [1.82, 2.24) is 0 Å². The Morgan fingerprint density at radius 3 is 2.75 bits per heavy atom. The van der Waals surface area contributed by atoms with Crippen LogP contribution in [-0.2, 0) is 0 Å². The lowest BCUT2D eigenvalue weighted by molar-refractivity contribution is 1.000. The molecular formula is C6H8BrN. The van der Waals surface area contributed by atoms with E-state index in [-0.39, 0.29) is 0 Å². The average molecular weight is 174 g/mol. The van der Waals surface area contributed by atoms with Crippen LogP contribution in [-0.4, -0.2) is 0 Å². The SMILES string of the molecule is NC1=CCCC(Br)=C1. The van der Waals surface area contributed by atoms with Crippen molar-refractivity contribution in [3.8, 4) is 0 Å². The minimum absolute atomic E-state index is 0.878. The Hall–Kier alpha value is -0.240. The molecular weight excluding hydrogens is 166 g/mol. The molecule has 0 saturated carbocycles. The van der Waals surface area contributed by atoms with Crippen molar-refractivity contribution < 1.29 is 0 Å². The molecule has 1 aliphatic carbocycles. The highest BCUT2D eigenvalue weighted by atomic mass is 79.9. The standard InChI is InChI=1S/C6H8BrN/c7-5-2-1-3-6(8)4-5/h3-4H,1-2,8H2. The highest BCUT2D eigenvalue weighted by Gasteiger charge is 1.96. The lowest BCUT2D eigenvalue weighted by atomic mass is 10.2. The van der Waals surface area contributed by atoms with E-state index in [2.05, 4.69) is 15.9 Å². The predicted molar refractivity (Wildman–Crippen MR) is 38.5 cm³/mol. The highest BCUT2D eigenvalue weighted by Crippen LogP contribution is 2.18. The van der Waals surface area contributed by atoms with Gasteiger partial charge in [-0.05, 0) is 23.4 Å². The Balaban J connectivity index is 2.69. The molecule has 44 valence electrons. The molecule has 1 rings (SSSR count). The second-order valence-corrected chi connectivity index (χ2v) is 2.85. The molecule has 0 aromatic rings. The zero-order chi connectivity index (χ0) is 5.98. The molecule has 0 aliphatic heterocycles. The Labute approximate surface area is 57.4 Å². The monoisotopic (exact) mass is 173 g/mol. The van der Waals surface area contributed by atoms with Crippen molar-refractivity contribution in [2.45, 2.75) is 12.8 Å². The lowest BCUT2D eigenvalue weighted by Crippen LogP contribution is -1.96. The van der Waals surface area contributed by atoms with Crippen LogP contribution in [0.15, 0.2) is 22.3 Å². The van der Waals surface area contributed by atoms with Gasteiger partial charge in [0.2, 0.25) is 0 Å². The number of hydrogen-bond donors (Lipinski definition) is 1. The van der Waals surface area contributed by atoms with Crippen LogP contribution in [0.4, 0.5) is 0 Å². The molecule has 2 heteroatoms. The molecule has 0 atom stereocenters. The quantitative estimate of drug-likeness (QED) is 0.596. The van der Waals surface area contributed by atoms with Gasteiger partial charge < -0.3 is 5.73 Å². The van der Waals surface area contributed by atoms with Gasteiger partial charge in [0.25, 0.3) is 0 Å². The summed E-state index contributed by atoms with van der Waals surface area (Å²) in [6, 6.07) is 0. The molecule has 1 nitrogen and oxygen atoms in total. The largest absolute Gasteiger partial charge is 0.399 e. The van der Waals surface area contributed by atoms with Gasteiger partial charge in [0.1, 0.15) is 0 Å². The summed E-state index contributed by atoms with van der Waals surface area (Å²) in [5, 5.41) is 0. The smallest absolute Gasteiger partial charge is 0.0281 e. The first-order valence-corrected chi connectivity index (χ1v) is 3.40. The van der Waals surface area contributed by atoms with E-state index in [0.29, 0.717) is 0 Å². The molecule has 1 aliphatic rings. The van der Waals surface area contributed by atoms with Gasteiger partial charge in [-0.2, -0.15) is 0 Å². The summed E-state index contributed by atoms with van der Waals surface area (Å²) in [7, 11) is 0. The van der Waals surface area contributed by atoms with Crippen molar-refractivity contribution in [3.05, 3.63) is 22.3 Å². The lowest BCUT2D eigenvalue weighted by Gasteiger charge is -2.02. The Kier molecular flexibility index (Phi) is 1.73. The molecule has 2 N–H and O–H groups in total. The fraction of sp³-hybridized carbons (Fsp3) is 0.333. The third kappa shape index (κ3) is 1.37. The second kappa shape index (κ2) is 2.35. The van der Waals surface area contributed by atoms with E-state index in [1.165, 1.54) is 4.48 Å². The van der Waals surface area contributed by atoms with Crippen molar-refractivity contribution in [2.75, 3.05) is 0 Å². The number of allylic oxidation sites excluding steroid dienone is 3. The summed E-state index contributed by atoms with van der Waals surface area (Å²) in [5.41, 5.74) is 6.36. The molecule has 8 heavy (non-hydrogen) atoms. The molecule has 0 radical (unpaired) electrons. The number of nitrogens with two attached hydrogens (primary N) is 1. The van der Waals surface area contributed by atoms with Gasteiger partial charge >= 0.3 is 0 Å². The van der Waals surface area contributed by atoms with Crippen LogP contribution in [0.25, 0.3) is 0 Å². The molecule has 0 amide bonds. The van der Waals surface area contributed by atoms with Crippen LogP contribution in [0.3, 0.4) is 0 Å². The maximum Gasteiger partial charge on any atom is 0.0281 e. The maximum atomic E-state index is 5.48. The molecule has 0 aromatic carbocycles. The van der Waals surface area contributed by atoms with Crippen LogP contribution in [0, 0.1) is 0 Å². The first kappa shape index (κ1) is 5.89. The molecule has 0 unspecified atom stereocenters. The summed E-state index contributed by atoms with van der Waals surface area (Å²) < 4.78 is 1.21. The van der Waals surface area contributed by atoms with Crippen molar-refractivity contribution >= 4 is 15.9 Å². The van der Waals surface area contributed by atoms with E-state index >= 15 is 0 Å². The van der Waals surface area contributed by atoms with E-state index < -0.39 is 0 Å². The molecule has 0 heterocycles. The maximum absolute atomic E-state index is 5.48. The number of halogens is 1. The molecule has 0 bridgehead atoms. The summed E-state index contributed by atoms with van der Waals surface area (Å²) in [5.74, 6) is 0. The second-order valence-electron chi connectivity index (χ2n) is 1.83. The Morgan fingerprint density at radius 2 is 2.38 bits per heavy atom. The van der Waals surface area contributed by atoms with Gasteiger partial charge in [0, 0.05) is 5.70 Å². The van der Waals surface area contributed by atoms with Gasteiger partial charge in [-0.1, -0.05) is 22.0 Å². The molecule has 0 fully saturated rings. The predicted octanol–water partition coefficient (Wildman–Crippen LogP) is 1.90. The van der Waals surface area contributed by atoms with Gasteiger partial charge in [0.05, 0.1) is 0 Å². The number of rotatable bonds is 0. The number of hydrogen-bond acceptors (Lipinski definition) is 1. The van der Waals surface area contributed by atoms with Crippen LogP contribution in [0.5, 0.6) is 0 Å². The summed E-state index contributed by atoms with van der Waals surface area (Å²) >= 11 is 3.37. The van der Waals surface area contributed by atoms with Gasteiger partial charge in [-0.25, -0.2) is 0 Å². The third-order valence-corrected chi connectivity index (χ3v) is 1.71. The first-order chi connectivity index (χ1) is 3.79. The third-order valence-electron chi connectivity index (χ3n) is 1.09. The Morgan fingerprint density at radius 1 is 1.62 bits per heavy atom. The van der Waals surface area contributed by atoms with Gasteiger partial charge in [-0.3, -0.25) is 0 Å². The summed E-state index contributed by atoms with van der Waals surface area (Å²) in [6.45, 7) is 0. The minimum atomic E-state index is 0.878. The van der Waals surface area contributed by atoms with Gasteiger partial charge in [0.15, 0.2) is 0 Å². The van der Waals surface area contributed by atoms with E-state index in [1.54, 1.807) is 0 Å². The minimum Gasteiger partial charge on any atom is -0.399 e. The zero-order valence-corrected chi connectivity index (χ0v) is 6.11. The van der Waals surface area contributed by atoms with E-state index in [4.69, 9.17) is 5.73 Å². The Bertz CT molecular complexity index is 147. The van der Waals surface area contributed by atoms with Crippen LogP contribution >= 0.6 is 15.9 Å². The van der Waals surface area contributed by atoms with Crippen molar-refractivity contribution in [1.29, 1.82) is 0 Å².